The van der Waals surface area contributed by atoms with Gasteiger partial charge in [0.25, 0.3) is 10.0 Å². The van der Waals surface area contributed by atoms with Crippen molar-refractivity contribution >= 4 is 21.4 Å². The van der Waals surface area contributed by atoms with Gasteiger partial charge in [-0.3, -0.25) is 4.72 Å². The summed E-state index contributed by atoms with van der Waals surface area (Å²) >= 11 is 0. The highest BCUT2D eigenvalue weighted by atomic mass is 32.2. The highest BCUT2D eigenvalue weighted by Crippen LogP contribution is 2.20. The third-order valence-electron chi connectivity index (χ3n) is 2.27. The molecular formula is C12H11FN2O2S. The predicted octanol–water partition coefficient (Wildman–Crippen LogP) is 2.21. The van der Waals surface area contributed by atoms with Crippen LogP contribution >= 0.6 is 0 Å². The van der Waals surface area contributed by atoms with Crippen LogP contribution in [0.2, 0.25) is 0 Å². The zero-order chi connectivity index (χ0) is 13.2. The molecule has 6 heteroatoms. The first-order valence-corrected chi connectivity index (χ1v) is 6.60. The Morgan fingerprint density at radius 2 is 1.72 bits per heavy atom. The van der Waals surface area contributed by atoms with E-state index in [2.05, 4.69) is 4.72 Å². The molecule has 94 valence electrons. The largest absolute Gasteiger partial charge is 0.399 e. The van der Waals surface area contributed by atoms with Gasteiger partial charge in [-0.05, 0) is 30.3 Å². The fraction of sp³-hybridized carbons (Fsp3) is 0. The molecule has 0 aromatic heterocycles. The van der Waals surface area contributed by atoms with E-state index in [-0.39, 0.29) is 5.69 Å². The Hall–Kier alpha value is -2.08. The van der Waals surface area contributed by atoms with Crippen molar-refractivity contribution in [3.05, 3.63) is 54.3 Å². The van der Waals surface area contributed by atoms with Gasteiger partial charge in [0, 0.05) is 11.4 Å². The van der Waals surface area contributed by atoms with E-state index in [0.717, 1.165) is 12.1 Å². The maximum atomic E-state index is 13.5. The Morgan fingerprint density at radius 1 is 1.06 bits per heavy atom. The van der Waals surface area contributed by atoms with Crippen LogP contribution in [0.1, 0.15) is 0 Å². The van der Waals surface area contributed by atoms with E-state index < -0.39 is 20.7 Å². The van der Waals surface area contributed by atoms with Gasteiger partial charge in [0.05, 0.1) is 0 Å². The molecule has 0 spiro atoms. The van der Waals surface area contributed by atoms with Gasteiger partial charge in [0.2, 0.25) is 0 Å². The third kappa shape index (κ3) is 2.60. The molecule has 0 amide bonds. The molecule has 3 N–H and O–H groups in total. The average molecular weight is 266 g/mol. The molecule has 0 saturated carbocycles. The van der Waals surface area contributed by atoms with Crippen molar-refractivity contribution < 1.29 is 12.8 Å². The monoisotopic (exact) mass is 266 g/mol. The number of anilines is 2. The second kappa shape index (κ2) is 4.66. The van der Waals surface area contributed by atoms with Gasteiger partial charge in [0.1, 0.15) is 10.7 Å². The molecule has 0 aliphatic heterocycles. The number of nitrogen functional groups attached to an aromatic ring is 1. The first-order chi connectivity index (χ1) is 8.49. The molecule has 0 unspecified atom stereocenters. The Balaban J connectivity index is 2.37. The number of benzene rings is 2. The van der Waals surface area contributed by atoms with Crippen LogP contribution in [0.25, 0.3) is 0 Å². The van der Waals surface area contributed by atoms with Crippen LogP contribution in [0, 0.1) is 5.82 Å². The lowest BCUT2D eigenvalue weighted by molar-refractivity contribution is 0.571. The summed E-state index contributed by atoms with van der Waals surface area (Å²) in [6.07, 6.45) is 0. The lowest BCUT2D eigenvalue weighted by Crippen LogP contribution is -2.14. The molecule has 2 aromatic rings. The molecule has 0 radical (unpaired) electrons. The van der Waals surface area contributed by atoms with Gasteiger partial charge in [-0.25, -0.2) is 12.8 Å². The quantitative estimate of drug-likeness (QED) is 0.837. The van der Waals surface area contributed by atoms with E-state index in [1.807, 2.05) is 0 Å². The summed E-state index contributed by atoms with van der Waals surface area (Å²) in [5.41, 5.74) is 5.91. The van der Waals surface area contributed by atoms with Gasteiger partial charge >= 0.3 is 0 Å². The second-order valence-corrected chi connectivity index (χ2v) is 5.31. The first-order valence-electron chi connectivity index (χ1n) is 5.12. The number of sulfonamides is 1. The van der Waals surface area contributed by atoms with Crippen molar-refractivity contribution in [2.24, 2.45) is 0 Å². The lowest BCUT2D eigenvalue weighted by atomic mass is 10.3. The molecule has 0 heterocycles. The maximum Gasteiger partial charge on any atom is 0.264 e. The van der Waals surface area contributed by atoms with Crippen LogP contribution < -0.4 is 10.5 Å². The number of nitrogens with one attached hydrogen (secondary N) is 1. The Labute approximate surface area is 104 Å². The van der Waals surface area contributed by atoms with Gasteiger partial charge in [0.15, 0.2) is 0 Å². The van der Waals surface area contributed by atoms with Crippen molar-refractivity contribution in [3.8, 4) is 0 Å². The van der Waals surface area contributed by atoms with Crippen molar-refractivity contribution in [2.75, 3.05) is 10.5 Å². The molecule has 0 saturated heterocycles. The number of rotatable bonds is 3. The first kappa shape index (κ1) is 12.4. The van der Waals surface area contributed by atoms with Crippen LogP contribution in [0.3, 0.4) is 0 Å². The van der Waals surface area contributed by atoms with E-state index >= 15 is 0 Å². The van der Waals surface area contributed by atoms with E-state index in [1.54, 1.807) is 30.3 Å². The van der Waals surface area contributed by atoms with Crippen molar-refractivity contribution in [3.63, 3.8) is 0 Å². The number of nitrogens with two attached hydrogens (primary N) is 1. The minimum absolute atomic E-state index is 0.172. The van der Waals surface area contributed by atoms with Gasteiger partial charge in [-0.2, -0.15) is 0 Å². The van der Waals surface area contributed by atoms with E-state index in [1.165, 1.54) is 6.07 Å². The predicted molar refractivity (Wildman–Crippen MR) is 68.1 cm³/mol. The zero-order valence-electron chi connectivity index (χ0n) is 9.30. The van der Waals surface area contributed by atoms with Crippen LogP contribution in [-0.4, -0.2) is 8.42 Å². The molecule has 18 heavy (non-hydrogen) atoms. The van der Waals surface area contributed by atoms with Crippen LogP contribution in [0.5, 0.6) is 0 Å². The molecule has 2 rings (SSSR count). The SMILES string of the molecule is Nc1ccc(S(=O)(=O)Nc2ccccc2)c(F)c1. The maximum absolute atomic E-state index is 13.5. The standard InChI is InChI=1S/C12H11FN2O2S/c13-11-8-9(14)6-7-12(11)18(16,17)15-10-4-2-1-3-5-10/h1-8,15H,14H2. The summed E-state index contributed by atoms with van der Waals surface area (Å²) in [5, 5.41) is 0. The number of hydrogen-bond acceptors (Lipinski definition) is 3. The van der Waals surface area contributed by atoms with E-state index in [0.29, 0.717) is 5.69 Å². The summed E-state index contributed by atoms with van der Waals surface area (Å²) in [4.78, 5) is -0.430. The molecule has 4 nitrogen and oxygen atoms in total. The van der Waals surface area contributed by atoms with E-state index in [9.17, 15) is 12.8 Å². The number of halogens is 1. The summed E-state index contributed by atoms with van der Waals surface area (Å²) < 4.78 is 39.7. The van der Waals surface area contributed by atoms with Gasteiger partial charge in [-0.15, -0.1) is 0 Å². The highest BCUT2D eigenvalue weighted by Gasteiger charge is 2.18. The molecule has 0 fully saturated rings. The Morgan fingerprint density at radius 3 is 2.33 bits per heavy atom. The minimum Gasteiger partial charge on any atom is -0.399 e. The summed E-state index contributed by atoms with van der Waals surface area (Å²) in [6.45, 7) is 0. The molecule has 2 aromatic carbocycles. The number of hydrogen-bond donors (Lipinski definition) is 2. The average Bonchev–Trinajstić information content (AvgIpc) is 2.29. The topological polar surface area (TPSA) is 72.2 Å². The summed E-state index contributed by atoms with van der Waals surface area (Å²) in [5.74, 6) is -0.876. The normalized spacial score (nSPS) is 11.2. The molecular weight excluding hydrogens is 255 g/mol. The van der Waals surface area contributed by atoms with Crippen LogP contribution in [-0.2, 0) is 10.0 Å². The Bertz CT molecular complexity index is 657. The lowest BCUT2D eigenvalue weighted by Gasteiger charge is -2.08. The molecule has 0 aliphatic carbocycles. The highest BCUT2D eigenvalue weighted by molar-refractivity contribution is 7.92. The van der Waals surface area contributed by atoms with Crippen molar-refractivity contribution in [1.29, 1.82) is 0 Å². The van der Waals surface area contributed by atoms with Gasteiger partial charge in [-0.1, -0.05) is 18.2 Å². The zero-order valence-corrected chi connectivity index (χ0v) is 10.1. The molecule has 0 aliphatic rings. The minimum atomic E-state index is -3.94. The van der Waals surface area contributed by atoms with Crippen molar-refractivity contribution in [2.45, 2.75) is 4.90 Å². The third-order valence-corrected chi connectivity index (χ3v) is 3.69. The second-order valence-electron chi connectivity index (χ2n) is 3.66. The van der Waals surface area contributed by atoms with Crippen LogP contribution in [0.4, 0.5) is 15.8 Å². The van der Waals surface area contributed by atoms with Crippen LogP contribution in [0.15, 0.2) is 53.4 Å². The Kier molecular flexibility index (Phi) is 3.20. The smallest absolute Gasteiger partial charge is 0.264 e. The number of para-hydroxylation sites is 1. The molecule has 0 bridgehead atoms. The van der Waals surface area contributed by atoms with Gasteiger partial charge < -0.3 is 5.73 Å². The summed E-state index contributed by atoms with van der Waals surface area (Å²) in [7, 11) is -3.94. The fourth-order valence-electron chi connectivity index (χ4n) is 1.45. The fourth-order valence-corrected chi connectivity index (χ4v) is 2.57. The molecule has 0 atom stereocenters. The van der Waals surface area contributed by atoms with Crippen molar-refractivity contribution in [1.82, 2.24) is 0 Å². The van der Waals surface area contributed by atoms with E-state index in [4.69, 9.17) is 5.73 Å². The summed E-state index contributed by atoms with van der Waals surface area (Å²) in [6, 6.07) is 11.7.